The summed E-state index contributed by atoms with van der Waals surface area (Å²) in [5, 5.41) is 2.88. The molecule has 0 amide bonds. The molecular weight excluding hydrogens is 359 g/mol. The van der Waals surface area contributed by atoms with Crippen molar-refractivity contribution in [3.8, 4) is 0 Å². The molecule has 0 N–H and O–H groups in total. The van der Waals surface area contributed by atoms with Crippen LogP contribution in [0, 0.1) is 0 Å². The van der Waals surface area contributed by atoms with Gasteiger partial charge in [0.25, 0.3) is 0 Å². The Hall–Kier alpha value is -2.83. The lowest BCUT2D eigenvalue weighted by Crippen LogP contribution is -2.14. The zero-order valence-corrected chi connectivity index (χ0v) is 16.5. The minimum absolute atomic E-state index is 0.393. The Morgan fingerprint density at radius 1 is 0.821 bits per heavy atom. The van der Waals surface area contributed by atoms with Crippen LogP contribution in [0.15, 0.2) is 102 Å². The van der Waals surface area contributed by atoms with E-state index in [9.17, 15) is 0 Å². The molecule has 5 rings (SSSR count). The molecule has 3 heteroatoms. The van der Waals surface area contributed by atoms with Crippen LogP contribution < -0.4 is 10.6 Å². The third-order valence-electron chi connectivity index (χ3n) is 5.36. The van der Waals surface area contributed by atoms with Gasteiger partial charge in [0.2, 0.25) is 0 Å². The van der Waals surface area contributed by atoms with E-state index >= 15 is 0 Å². The maximum absolute atomic E-state index is 4.65. The van der Waals surface area contributed by atoms with Crippen LogP contribution in [0.2, 0.25) is 0 Å². The number of pyridine rings is 1. The van der Waals surface area contributed by atoms with Crippen molar-refractivity contribution in [2.75, 3.05) is 6.16 Å². The van der Waals surface area contributed by atoms with Gasteiger partial charge in [-0.3, -0.25) is 9.98 Å². The molecule has 0 saturated heterocycles. The Labute approximate surface area is 167 Å². The van der Waals surface area contributed by atoms with E-state index in [1.165, 1.54) is 27.3 Å². The van der Waals surface area contributed by atoms with Gasteiger partial charge < -0.3 is 0 Å². The summed E-state index contributed by atoms with van der Waals surface area (Å²) < 4.78 is 0. The van der Waals surface area contributed by atoms with Gasteiger partial charge in [0.05, 0.1) is 11.4 Å². The summed E-state index contributed by atoms with van der Waals surface area (Å²) in [6, 6.07) is 26.2. The van der Waals surface area contributed by atoms with Crippen LogP contribution in [0.4, 0.5) is 0 Å². The van der Waals surface area contributed by atoms with Gasteiger partial charge in [-0.05, 0) is 54.7 Å². The molecule has 28 heavy (non-hydrogen) atoms. The second kappa shape index (κ2) is 7.66. The molecule has 0 saturated carbocycles. The van der Waals surface area contributed by atoms with Crippen LogP contribution in [0.3, 0.4) is 0 Å². The Kier molecular flexibility index (Phi) is 4.72. The third kappa shape index (κ3) is 3.15. The molecule has 0 bridgehead atoms. The molecule has 0 fully saturated rings. The molecule has 2 nitrogen and oxygen atoms in total. The van der Waals surface area contributed by atoms with Crippen LogP contribution in [0.25, 0.3) is 5.57 Å². The van der Waals surface area contributed by atoms with Gasteiger partial charge >= 0.3 is 0 Å². The van der Waals surface area contributed by atoms with Gasteiger partial charge in [-0.25, -0.2) is 0 Å². The molecular formula is C25H21N2P. The van der Waals surface area contributed by atoms with Crippen molar-refractivity contribution >= 4 is 29.8 Å². The molecule has 136 valence electrons. The highest BCUT2D eigenvalue weighted by molar-refractivity contribution is 7.73. The minimum atomic E-state index is -0.393. The number of benzene rings is 2. The van der Waals surface area contributed by atoms with Crippen LogP contribution in [0.5, 0.6) is 0 Å². The zero-order chi connectivity index (χ0) is 18.8. The van der Waals surface area contributed by atoms with E-state index in [-0.39, 0.29) is 0 Å². The van der Waals surface area contributed by atoms with Gasteiger partial charge in [-0.1, -0.05) is 72.8 Å². The van der Waals surface area contributed by atoms with E-state index in [2.05, 4.69) is 82.8 Å². The number of hydrogen-bond acceptors (Lipinski definition) is 2. The Morgan fingerprint density at radius 2 is 1.54 bits per heavy atom. The SMILES string of the molecule is C1=CN=C2C(=C(CCP(c3ccccc3)c3ccccc3)c3cccnc32)C1. The van der Waals surface area contributed by atoms with Crippen LogP contribution in [0.1, 0.15) is 24.1 Å². The van der Waals surface area contributed by atoms with Crippen molar-refractivity contribution in [2.24, 2.45) is 4.99 Å². The number of allylic oxidation sites excluding steroid dienone is 3. The smallest absolute Gasteiger partial charge is 0.0964 e. The fourth-order valence-electron chi connectivity index (χ4n) is 4.07. The lowest BCUT2D eigenvalue weighted by Gasteiger charge is -2.20. The number of nitrogens with zero attached hydrogens (tertiary/aromatic N) is 2. The molecule has 1 aliphatic heterocycles. The van der Waals surface area contributed by atoms with Crippen molar-refractivity contribution in [2.45, 2.75) is 12.8 Å². The Balaban J connectivity index is 1.50. The molecule has 1 aromatic heterocycles. The average molecular weight is 380 g/mol. The van der Waals surface area contributed by atoms with E-state index in [1.54, 1.807) is 0 Å². The van der Waals surface area contributed by atoms with Crippen molar-refractivity contribution in [3.05, 3.63) is 108 Å². The van der Waals surface area contributed by atoms with E-state index in [0.717, 1.165) is 30.4 Å². The van der Waals surface area contributed by atoms with Gasteiger partial charge in [-0.2, -0.15) is 0 Å². The topological polar surface area (TPSA) is 25.2 Å². The average Bonchev–Trinajstić information content (AvgIpc) is 3.10. The quantitative estimate of drug-likeness (QED) is 0.567. The first-order valence-corrected chi connectivity index (χ1v) is 11.2. The first kappa shape index (κ1) is 17.3. The molecule has 3 aromatic rings. The minimum Gasteiger partial charge on any atom is -0.255 e. The standard InChI is InChI=1S/C25H21N2P/c1-3-9-19(10-4-1)28(20-11-5-2-6-12-20)18-15-21-22-13-7-16-26-24(22)25-23(21)14-8-17-27-25/h1-13,16-17H,14-15,18H2. The number of aliphatic imine (C=N–C) groups is 1. The molecule has 0 unspecified atom stereocenters. The van der Waals surface area contributed by atoms with Gasteiger partial charge in [0, 0.05) is 18.0 Å². The first-order chi connectivity index (χ1) is 13.9. The van der Waals surface area contributed by atoms with Gasteiger partial charge in [0.15, 0.2) is 0 Å². The highest BCUT2D eigenvalue weighted by Gasteiger charge is 2.29. The maximum Gasteiger partial charge on any atom is 0.0964 e. The molecule has 1 aliphatic carbocycles. The molecule has 2 aromatic carbocycles. The lowest BCUT2D eigenvalue weighted by atomic mass is 10.0. The first-order valence-electron chi connectivity index (χ1n) is 9.70. The monoisotopic (exact) mass is 380 g/mol. The summed E-state index contributed by atoms with van der Waals surface area (Å²) >= 11 is 0. The number of hydrogen-bond donors (Lipinski definition) is 0. The number of aromatic nitrogens is 1. The summed E-state index contributed by atoms with van der Waals surface area (Å²) in [6.45, 7) is 0. The van der Waals surface area contributed by atoms with Crippen LogP contribution in [-0.2, 0) is 0 Å². The second-order valence-electron chi connectivity index (χ2n) is 7.00. The van der Waals surface area contributed by atoms with E-state index in [0.29, 0.717) is 0 Å². The summed E-state index contributed by atoms with van der Waals surface area (Å²) in [5.41, 5.74) is 6.21. The van der Waals surface area contributed by atoms with Crippen LogP contribution in [-0.4, -0.2) is 16.9 Å². The Bertz CT molecular complexity index is 1040. The predicted octanol–water partition coefficient (Wildman–Crippen LogP) is 5.08. The predicted molar refractivity (Wildman–Crippen MR) is 120 cm³/mol. The van der Waals surface area contributed by atoms with Gasteiger partial charge in [0.1, 0.15) is 0 Å². The van der Waals surface area contributed by atoms with E-state index in [4.69, 9.17) is 0 Å². The summed E-state index contributed by atoms with van der Waals surface area (Å²) in [4.78, 5) is 9.28. The highest BCUT2D eigenvalue weighted by atomic mass is 31.1. The summed E-state index contributed by atoms with van der Waals surface area (Å²) in [5.74, 6) is 0. The molecule has 0 atom stereocenters. The zero-order valence-electron chi connectivity index (χ0n) is 15.6. The van der Waals surface area contributed by atoms with Crippen molar-refractivity contribution in [1.82, 2.24) is 4.98 Å². The molecule has 2 aliphatic rings. The maximum atomic E-state index is 4.65. The normalized spacial score (nSPS) is 14.8. The summed E-state index contributed by atoms with van der Waals surface area (Å²) in [7, 11) is -0.393. The molecule has 0 radical (unpaired) electrons. The Morgan fingerprint density at radius 3 is 2.25 bits per heavy atom. The fraction of sp³-hybridized carbons (Fsp3) is 0.120. The van der Waals surface area contributed by atoms with Crippen molar-refractivity contribution in [3.63, 3.8) is 0 Å². The molecule has 2 heterocycles. The van der Waals surface area contributed by atoms with E-state index < -0.39 is 7.92 Å². The van der Waals surface area contributed by atoms with Crippen molar-refractivity contribution in [1.29, 1.82) is 0 Å². The summed E-state index contributed by atoms with van der Waals surface area (Å²) in [6.07, 6.45) is 9.09. The number of fused-ring (bicyclic) bond motifs is 3. The third-order valence-corrected chi connectivity index (χ3v) is 7.87. The van der Waals surface area contributed by atoms with Crippen molar-refractivity contribution < 1.29 is 0 Å². The van der Waals surface area contributed by atoms with E-state index in [1.807, 2.05) is 18.5 Å². The van der Waals surface area contributed by atoms with Gasteiger partial charge in [-0.15, -0.1) is 0 Å². The largest absolute Gasteiger partial charge is 0.255 e. The second-order valence-corrected chi connectivity index (χ2v) is 9.33. The van der Waals surface area contributed by atoms with Crippen LogP contribution >= 0.6 is 7.92 Å². The highest BCUT2D eigenvalue weighted by Crippen LogP contribution is 2.42. The number of rotatable bonds is 5. The lowest BCUT2D eigenvalue weighted by molar-refractivity contribution is 1.20. The fourth-order valence-corrected chi connectivity index (χ4v) is 6.40. The molecule has 0 spiro atoms.